The molecule has 0 aliphatic heterocycles. The summed E-state index contributed by atoms with van der Waals surface area (Å²) in [4.78, 5) is 4.16. The number of guanidine groups is 1. The Morgan fingerprint density at radius 1 is 1.18 bits per heavy atom. The van der Waals surface area contributed by atoms with Gasteiger partial charge >= 0.3 is 0 Å². The molecule has 0 atom stereocenters. The highest BCUT2D eigenvalue weighted by Crippen LogP contribution is 2.02. The zero-order valence-corrected chi connectivity index (χ0v) is 15.9. The van der Waals surface area contributed by atoms with Crippen molar-refractivity contribution in [3.05, 3.63) is 35.6 Å². The minimum atomic E-state index is -0.201. The van der Waals surface area contributed by atoms with Gasteiger partial charge in [-0.1, -0.05) is 12.1 Å². The normalized spacial score (nSPS) is 11.2. The van der Waals surface area contributed by atoms with Gasteiger partial charge in [0, 0.05) is 26.7 Å². The van der Waals surface area contributed by atoms with Crippen LogP contribution in [0.4, 0.5) is 4.39 Å². The fourth-order valence-corrected chi connectivity index (χ4v) is 1.79. The molecule has 1 rings (SSSR count). The minimum Gasteiger partial charge on any atom is -0.379 e. The van der Waals surface area contributed by atoms with Gasteiger partial charge in [-0.15, -0.1) is 24.0 Å². The first-order valence-corrected chi connectivity index (χ1v) is 7.42. The number of ether oxygens (including phenoxy) is 1. The number of aliphatic imine (C=N–C) groups is 1. The number of benzene rings is 1. The molecule has 126 valence electrons. The summed E-state index contributed by atoms with van der Waals surface area (Å²) in [6.07, 6.45) is 2.05. The molecule has 0 radical (unpaired) electrons. The van der Waals surface area contributed by atoms with Crippen molar-refractivity contribution in [3.8, 4) is 0 Å². The van der Waals surface area contributed by atoms with Gasteiger partial charge < -0.3 is 15.4 Å². The highest BCUT2D eigenvalue weighted by Gasteiger charge is 1.99. The molecule has 0 heterocycles. The predicted molar refractivity (Wildman–Crippen MR) is 101 cm³/mol. The van der Waals surface area contributed by atoms with Crippen molar-refractivity contribution in [2.24, 2.45) is 4.99 Å². The zero-order chi connectivity index (χ0) is 15.5. The van der Waals surface area contributed by atoms with Crippen molar-refractivity contribution in [2.45, 2.75) is 32.8 Å². The molecule has 0 aliphatic rings. The van der Waals surface area contributed by atoms with E-state index >= 15 is 0 Å². The van der Waals surface area contributed by atoms with E-state index in [0.717, 1.165) is 44.1 Å². The van der Waals surface area contributed by atoms with Gasteiger partial charge in [0.2, 0.25) is 0 Å². The van der Waals surface area contributed by atoms with Crippen LogP contribution >= 0.6 is 24.0 Å². The van der Waals surface area contributed by atoms with Crippen LogP contribution in [0.1, 0.15) is 25.8 Å². The monoisotopic (exact) mass is 423 g/mol. The summed E-state index contributed by atoms with van der Waals surface area (Å²) in [6, 6.07) is 6.57. The van der Waals surface area contributed by atoms with E-state index in [4.69, 9.17) is 4.74 Å². The molecular weight excluding hydrogens is 396 g/mol. The Kier molecular flexibility index (Phi) is 12.1. The van der Waals surface area contributed by atoms with Crippen molar-refractivity contribution in [3.63, 3.8) is 0 Å². The molecule has 1 aromatic rings. The molecule has 1 aromatic carbocycles. The maximum Gasteiger partial charge on any atom is 0.190 e. The SMILES string of the molecule is CN=C(NCCCOC(C)C)NCCc1ccc(F)cc1.I. The third-order valence-corrected chi connectivity index (χ3v) is 2.91. The van der Waals surface area contributed by atoms with Gasteiger partial charge in [0.25, 0.3) is 0 Å². The molecule has 0 saturated carbocycles. The molecular formula is C16H27FIN3O. The van der Waals surface area contributed by atoms with Gasteiger partial charge in [0.1, 0.15) is 5.82 Å². The Bertz CT molecular complexity index is 424. The standard InChI is InChI=1S/C16H26FN3O.HI/c1-13(2)21-12-4-10-19-16(18-3)20-11-9-14-5-7-15(17)8-6-14;/h5-8,13H,4,9-12H2,1-3H3,(H2,18,19,20);1H. The Morgan fingerprint density at radius 2 is 1.82 bits per heavy atom. The third-order valence-electron chi connectivity index (χ3n) is 2.91. The molecule has 0 spiro atoms. The van der Waals surface area contributed by atoms with E-state index in [1.165, 1.54) is 12.1 Å². The molecule has 0 fully saturated rings. The van der Waals surface area contributed by atoms with Crippen LogP contribution in [-0.2, 0) is 11.2 Å². The lowest BCUT2D eigenvalue weighted by molar-refractivity contribution is 0.0776. The summed E-state index contributed by atoms with van der Waals surface area (Å²) in [6.45, 7) is 6.39. The van der Waals surface area contributed by atoms with Crippen molar-refractivity contribution >= 4 is 29.9 Å². The van der Waals surface area contributed by atoms with E-state index in [2.05, 4.69) is 15.6 Å². The topological polar surface area (TPSA) is 45.7 Å². The second-order valence-electron chi connectivity index (χ2n) is 5.08. The fraction of sp³-hybridized carbons (Fsp3) is 0.562. The second kappa shape index (κ2) is 12.6. The molecule has 0 saturated heterocycles. The van der Waals surface area contributed by atoms with Gasteiger partial charge in [0.05, 0.1) is 6.10 Å². The summed E-state index contributed by atoms with van der Waals surface area (Å²) >= 11 is 0. The van der Waals surface area contributed by atoms with Crippen molar-refractivity contribution in [1.82, 2.24) is 10.6 Å². The molecule has 22 heavy (non-hydrogen) atoms. The summed E-state index contributed by atoms with van der Waals surface area (Å²) in [5.74, 6) is 0.578. The molecule has 6 heteroatoms. The first-order chi connectivity index (χ1) is 10.1. The van der Waals surface area contributed by atoms with Crippen LogP contribution in [-0.4, -0.2) is 38.8 Å². The summed E-state index contributed by atoms with van der Waals surface area (Å²) in [5.41, 5.74) is 1.10. The Balaban J connectivity index is 0.00000441. The van der Waals surface area contributed by atoms with E-state index in [-0.39, 0.29) is 35.9 Å². The summed E-state index contributed by atoms with van der Waals surface area (Å²) < 4.78 is 18.3. The van der Waals surface area contributed by atoms with Gasteiger partial charge in [0.15, 0.2) is 5.96 Å². The van der Waals surface area contributed by atoms with Crippen LogP contribution in [0.15, 0.2) is 29.3 Å². The molecule has 0 unspecified atom stereocenters. The van der Waals surface area contributed by atoms with Gasteiger partial charge in [-0.05, 0) is 44.4 Å². The second-order valence-corrected chi connectivity index (χ2v) is 5.08. The Hall–Kier alpha value is -0.890. The zero-order valence-electron chi connectivity index (χ0n) is 13.6. The first kappa shape index (κ1) is 21.1. The highest BCUT2D eigenvalue weighted by atomic mass is 127. The number of hydrogen-bond donors (Lipinski definition) is 2. The number of nitrogens with zero attached hydrogens (tertiary/aromatic N) is 1. The van der Waals surface area contributed by atoms with E-state index in [1.807, 2.05) is 13.8 Å². The van der Waals surface area contributed by atoms with Crippen LogP contribution in [0, 0.1) is 5.82 Å². The van der Waals surface area contributed by atoms with Crippen molar-refractivity contribution in [1.29, 1.82) is 0 Å². The lowest BCUT2D eigenvalue weighted by atomic mass is 10.1. The smallest absolute Gasteiger partial charge is 0.190 e. The summed E-state index contributed by atoms with van der Waals surface area (Å²) in [7, 11) is 1.75. The van der Waals surface area contributed by atoms with E-state index in [0.29, 0.717) is 0 Å². The largest absolute Gasteiger partial charge is 0.379 e. The summed E-state index contributed by atoms with van der Waals surface area (Å²) in [5, 5.41) is 6.47. The minimum absolute atomic E-state index is 0. The number of halogens is 2. The predicted octanol–water partition coefficient (Wildman–Crippen LogP) is 2.97. The number of hydrogen-bond acceptors (Lipinski definition) is 2. The fourth-order valence-electron chi connectivity index (χ4n) is 1.79. The Morgan fingerprint density at radius 3 is 2.41 bits per heavy atom. The van der Waals surface area contributed by atoms with Crippen LogP contribution in [0.5, 0.6) is 0 Å². The van der Waals surface area contributed by atoms with Crippen LogP contribution in [0.3, 0.4) is 0 Å². The molecule has 2 N–H and O–H groups in total. The average molecular weight is 423 g/mol. The molecule has 0 aromatic heterocycles. The highest BCUT2D eigenvalue weighted by molar-refractivity contribution is 14.0. The lowest BCUT2D eigenvalue weighted by Gasteiger charge is -2.12. The van der Waals surface area contributed by atoms with Gasteiger partial charge in [-0.25, -0.2) is 4.39 Å². The maximum absolute atomic E-state index is 12.8. The maximum atomic E-state index is 12.8. The molecule has 0 aliphatic carbocycles. The average Bonchev–Trinajstić information content (AvgIpc) is 2.46. The number of rotatable bonds is 8. The van der Waals surface area contributed by atoms with Crippen molar-refractivity contribution in [2.75, 3.05) is 26.7 Å². The van der Waals surface area contributed by atoms with E-state index in [1.54, 1.807) is 19.2 Å². The molecule has 0 amide bonds. The van der Waals surface area contributed by atoms with E-state index < -0.39 is 0 Å². The van der Waals surface area contributed by atoms with Gasteiger partial charge in [-0.3, -0.25) is 4.99 Å². The van der Waals surface area contributed by atoms with Crippen LogP contribution < -0.4 is 10.6 Å². The lowest BCUT2D eigenvalue weighted by Crippen LogP contribution is -2.39. The van der Waals surface area contributed by atoms with Crippen LogP contribution in [0.2, 0.25) is 0 Å². The van der Waals surface area contributed by atoms with E-state index in [9.17, 15) is 4.39 Å². The van der Waals surface area contributed by atoms with Crippen LogP contribution in [0.25, 0.3) is 0 Å². The number of nitrogens with one attached hydrogen (secondary N) is 2. The first-order valence-electron chi connectivity index (χ1n) is 7.42. The van der Waals surface area contributed by atoms with Crippen molar-refractivity contribution < 1.29 is 9.13 Å². The van der Waals surface area contributed by atoms with Gasteiger partial charge in [-0.2, -0.15) is 0 Å². The third kappa shape index (κ3) is 9.94. The molecule has 4 nitrogen and oxygen atoms in total. The Labute approximate surface area is 149 Å². The molecule has 0 bridgehead atoms. The quantitative estimate of drug-likeness (QED) is 0.293.